The molecule has 1 aliphatic heterocycles. The number of piperidine rings is 1. The highest BCUT2D eigenvalue weighted by atomic mass is 19.4. The number of carbonyl (C=O) groups excluding carboxylic acids is 3. The molecule has 248 valence electrons. The standard InChI is InChI=1S/C37H35F3N4O4/c1-2-24-31-28(25-12-6-7-13-26(25)32(31)35(46)42-21-37(38,39)40)20-29(33(24)41)36(47)44-18-16-22(17-19-44)43-34(45)27-14-8-9-15-30(27)48-23-10-4-3-5-11-23/h3-15,20,22,32H,2,16-19,21,41H2,1H3,(H,42,46)(H,43,45). The number of benzene rings is 4. The summed E-state index contributed by atoms with van der Waals surface area (Å²) in [5, 5.41) is 5.11. The first-order valence-corrected chi connectivity index (χ1v) is 15.9. The van der Waals surface area contributed by atoms with Crippen molar-refractivity contribution in [2.45, 2.75) is 44.3 Å². The van der Waals surface area contributed by atoms with Gasteiger partial charge in [-0.1, -0.05) is 61.5 Å². The van der Waals surface area contributed by atoms with Crippen LogP contribution in [0.5, 0.6) is 11.5 Å². The van der Waals surface area contributed by atoms with E-state index < -0.39 is 24.5 Å². The van der Waals surface area contributed by atoms with Crippen LogP contribution in [0, 0.1) is 0 Å². The highest BCUT2D eigenvalue weighted by Gasteiger charge is 2.39. The molecule has 6 rings (SSSR count). The first kappa shape index (κ1) is 32.6. The first-order valence-electron chi connectivity index (χ1n) is 15.9. The Balaban J connectivity index is 1.18. The molecule has 48 heavy (non-hydrogen) atoms. The number of carbonyl (C=O) groups is 3. The molecule has 0 saturated carbocycles. The molecule has 0 bridgehead atoms. The normalized spacial score (nSPS) is 15.8. The third-order valence-corrected chi connectivity index (χ3v) is 8.90. The number of nitrogens with two attached hydrogens (primary N) is 1. The second-order valence-corrected chi connectivity index (χ2v) is 11.9. The zero-order valence-corrected chi connectivity index (χ0v) is 26.3. The van der Waals surface area contributed by atoms with E-state index in [0.29, 0.717) is 77.2 Å². The molecule has 1 fully saturated rings. The minimum absolute atomic E-state index is 0.169. The van der Waals surface area contributed by atoms with Crippen molar-refractivity contribution in [1.82, 2.24) is 15.5 Å². The van der Waals surface area contributed by atoms with Crippen molar-refractivity contribution in [1.29, 1.82) is 0 Å². The maximum atomic E-state index is 13.9. The SMILES string of the molecule is CCc1c(N)c(C(=O)N2CCC(NC(=O)c3ccccc3Oc3ccccc3)CC2)cc2c1C(C(=O)NCC(F)(F)F)c1ccccc1-2. The molecule has 2 aliphatic rings. The van der Waals surface area contributed by atoms with Crippen molar-refractivity contribution in [3.8, 4) is 22.6 Å². The van der Waals surface area contributed by atoms with E-state index in [1.165, 1.54) is 0 Å². The molecule has 1 heterocycles. The maximum absolute atomic E-state index is 13.9. The van der Waals surface area contributed by atoms with Gasteiger partial charge in [0.2, 0.25) is 5.91 Å². The van der Waals surface area contributed by atoms with Crippen molar-refractivity contribution in [2.75, 3.05) is 25.4 Å². The predicted molar refractivity (Wildman–Crippen MR) is 176 cm³/mol. The van der Waals surface area contributed by atoms with Crippen LogP contribution in [0.15, 0.2) is 84.9 Å². The Labute approximate surface area is 276 Å². The van der Waals surface area contributed by atoms with Gasteiger partial charge in [0.05, 0.1) is 17.0 Å². The summed E-state index contributed by atoms with van der Waals surface area (Å²) in [6.07, 6.45) is -3.14. The molecule has 1 atom stereocenters. The Bertz CT molecular complexity index is 1850. The second-order valence-electron chi connectivity index (χ2n) is 11.9. The lowest BCUT2D eigenvalue weighted by molar-refractivity contribution is -0.138. The fourth-order valence-corrected chi connectivity index (χ4v) is 6.61. The van der Waals surface area contributed by atoms with E-state index in [0.717, 1.165) is 0 Å². The number of para-hydroxylation sites is 2. The summed E-state index contributed by atoms with van der Waals surface area (Å²) in [6.45, 7) is 1.15. The van der Waals surface area contributed by atoms with Crippen molar-refractivity contribution in [3.63, 3.8) is 0 Å². The number of nitrogen functional groups attached to an aromatic ring is 1. The Morgan fingerprint density at radius 3 is 2.27 bits per heavy atom. The lowest BCUT2D eigenvalue weighted by Crippen LogP contribution is -2.46. The monoisotopic (exact) mass is 656 g/mol. The molecule has 0 radical (unpaired) electrons. The van der Waals surface area contributed by atoms with Gasteiger partial charge in [-0.2, -0.15) is 13.2 Å². The number of anilines is 1. The van der Waals surface area contributed by atoms with E-state index in [4.69, 9.17) is 10.5 Å². The minimum atomic E-state index is -4.56. The predicted octanol–water partition coefficient (Wildman–Crippen LogP) is 6.45. The molecule has 4 aromatic rings. The van der Waals surface area contributed by atoms with E-state index in [1.54, 1.807) is 59.5 Å². The summed E-state index contributed by atoms with van der Waals surface area (Å²) < 4.78 is 44.9. The molecular formula is C37H35F3N4O4. The quantitative estimate of drug-likeness (QED) is 0.189. The highest BCUT2D eigenvalue weighted by molar-refractivity contribution is 6.05. The van der Waals surface area contributed by atoms with Crippen LogP contribution in [0.2, 0.25) is 0 Å². The zero-order valence-electron chi connectivity index (χ0n) is 26.3. The maximum Gasteiger partial charge on any atom is 0.405 e. The van der Waals surface area contributed by atoms with Gasteiger partial charge in [0, 0.05) is 24.8 Å². The number of hydrogen-bond donors (Lipinski definition) is 3. The van der Waals surface area contributed by atoms with Gasteiger partial charge in [0.25, 0.3) is 11.8 Å². The Hall–Kier alpha value is -5.32. The third-order valence-electron chi connectivity index (χ3n) is 8.90. The van der Waals surface area contributed by atoms with Crippen molar-refractivity contribution in [3.05, 3.63) is 113 Å². The number of nitrogens with one attached hydrogen (secondary N) is 2. The molecular weight excluding hydrogens is 621 g/mol. The molecule has 3 amide bonds. The Morgan fingerprint density at radius 2 is 1.56 bits per heavy atom. The molecule has 1 aliphatic carbocycles. The van der Waals surface area contributed by atoms with Crippen LogP contribution >= 0.6 is 0 Å². The van der Waals surface area contributed by atoms with Crippen LogP contribution < -0.4 is 21.1 Å². The van der Waals surface area contributed by atoms with E-state index in [-0.39, 0.29) is 29.1 Å². The number of rotatable bonds is 8. The summed E-state index contributed by atoms with van der Waals surface area (Å²) >= 11 is 0. The van der Waals surface area contributed by atoms with Gasteiger partial charge in [-0.25, -0.2) is 0 Å². The molecule has 1 unspecified atom stereocenters. The van der Waals surface area contributed by atoms with Crippen molar-refractivity contribution in [2.24, 2.45) is 0 Å². The Morgan fingerprint density at radius 1 is 0.896 bits per heavy atom. The van der Waals surface area contributed by atoms with Gasteiger partial charge in [0.1, 0.15) is 18.0 Å². The number of nitrogens with zero attached hydrogens (tertiary/aromatic N) is 1. The van der Waals surface area contributed by atoms with Gasteiger partial charge in [-0.15, -0.1) is 0 Å². The molecule has 0 spiro atoms. The average Bonchev–Trinajstić information content (AvgIpc) is 3.41. The summed E-state index contributed by atoms with van der Waals surface area (Å²) in [6, 6.07) is 24.7. The first-order chi connectivity index (χ1) is 23.1. The van der Waals surface area contributed by atoms with E-state index >= 15 is 0 Å². The molecule has 0 aromatic heterocycles. The lowest BCUT2D eigenvalue weighted by Gasteiger charge is -2.33. The molecule has 11 heteroatoms. The summed E-state index contributed by atoms with van der Waals surface area (Å²) in [4.78, 5) is 42.1. The van der Waals surface area contributed by atoms with Gasteiger partial charge in [0.15, 0.2) is 0 Å². The van der Waals surface area contributed by atoms with Gasteiger partial charge in [-0.3, -0.25) is 14.4 Å². The number of fused-ring (bicyclic) bond motifs is 3. The van der Waals surface area contributed by atoms with Crippen LogP contribution in [-0.4, -0.2) is 54.5 Å². The van der Waals surface area contributed by atoms with Gasteiger partial charge in [-0.05, 0) is 77.4 Å². The van der Waals surface area contributed by atoms with Crippen LogP contribution in [0.25, 0.3) is 11.1 Å². The topological polar surface area (TPSA) is 114 Å². The third kappa shape index (κ3) is 6.58. The summed E-state index contributed by atoms with van der Waals surface area (Å²) in [5.74, 6) is -1.25. The fourth-order valence-electron chi connectivity index (χ4n) is 6.61. The van der Waals surface area contributed by atoms with E-state index in [9.17, 15) is 27.6 Å². The number of halogens is 3. The Kier molecular flexibility index (Phi) is 9.12. The largest absolute Gasteiger partial charge is 0.457 e. The van der Waals surface area contributed by atoms with Crippen molar-refractivity contribution < 1.29 is 32.3 Å². The molecule has 4 aromatic carbocycles. The molecule has 4 N–H and O–H groups in total. The minimum Gasteiger partial charge on any atom is -0.457 e. The second kappa shape index (κ2) is 13.4. The summed E-state index contributed by atoms with van der Waals surface area (Å²) in [5.41, 5.74) is 10.5. The summed E-state index contributed by atoms with van der Waals surface area (Å²) in [7, 11) is 0. The molecule has 1 saturated heterocycles. The van der Waals surface area contributed by atoms with Crippen molar-refractivity contribution >= 4 is 23.4 Å². The smallest absolute Gasteiger partial charge is 0.405 e. The number of hydrogen-bond acceptors (Lipinski definition) is 5. The number of likely N-dealkylation sites (tertiary alicyclic amines) is 1. The number of alkyl halides is 3. The van der Waals surface area contributed by atoms with Crippen LogP contribution in [0.1, 0.15) is 63.1 Å². The van der Waals surface area contributed by atoms with Crippen LogP contribution in [-0.2, 0) is 11.2 Å². The zero-order chi connectivity index (χ0) is 34.0. The fraction of sp³-hybridized carbons (Fsp3) is 0.270. The van der Waals surface area contributed by atoms with Crippen LogP contribution in [0.3, 0.4) is 0 Å². The van der Waals surface area contributed by atoms with Crippen LogP contribution in [0.4, 0.5) is 18.9 Å². The highest BCUT2D eigenvalue weighted by Crippen LogP contribution is 2.49. The lowest BCUT2D eigenvalue weighted by atomic mass is 9.88. The number of amides is 3. The average molecular weight is 657 g/mol. The molecule has 8 nitrogen and oxygen atoms in total. The van der Waals surface area contributed by atoms with Gasteiger partial charge < -0.3 is 26.0 Å². The number of ether oxygens (including phenoxy) is 1. The van der Waals surface area contributed by atoms with Gasteiger partial charge >= 0.3 is 6.18 Å². The van der Waals surface area contributed by atoms with E-state index in [2.05, 4.69) is 5.32 Å². The van der Waals surface area contributed by atoms with E-state index in [1.807, 2.05) is 42.6 Å².